The minimum Gasteiger partial charge on any atom is -0.386 e. The topological polar surface area (TPSA) is 66.9 Å². The van der Waals surface area contributed by atoms with Crippen LogP contribution in [0, 0.1) is 0 Å². The zero-order valence-corrected chi connectivity index (χ0v) is 9.34. The summed E-state index contributed by atoms with van der Waals surface area (Å²) >= 11 is 0. The summed E-state index contributed by atoms with van der Waals surface area (Å²) in [6, 6.07) is 5.14. The fourth-order valence-corrected chi connectivity index (χ4v) is 1.43. The lowest BCUT2D eigenvalue weighted by atomic mass is 10.2. The predicted octanol–water partition coefficient (Wildman–Crippen LogP) is 1.77. The number of hydrogen-bond acceptors (Lipinski definition) is 4. The number of anilines is 2. The molecule has 2 aromatic heterocycles. The minimum atomic E-state index is -0.178. The summed E-state index contributed by atoms with van der Waals surface area (Å²) in [4.78, 5) is 19.8. The monoisotopic (exact) mass is 228 g/mol. The normalized spacial score (nSPS) is 9.71. The lowest BCUT2D eigenvalue weighted by molar-refractivity contribution is 0.102. The standard InChI is InChI=1S/C12H12N4O/c1-13-11-8-15-7-4-10(11)12(17)16-9-2-5-14-6-3-9/h2-8,13H,1H3,(H,14,16,17). The van der Waals surface area contributed by atoms with Gasteiger partial charge < -0.3 is 10.6 Å². The fourth-order valence-electron chi connectivity index (χ4n) is 1.43. The molecule has 0 aliphatic carbocycles. The number of hydrogen-bond donors (Lipinski definition) is 2. The van der Waals surface area contributed by atoms with E-state index in [1.807, 2.05) is 0 Å². The first-order chi connectivity index (χ1) is 8.31. The van der Waals surface area contributed by atoms with Gasteiger partial charge in [-0.1, -0.05) is 0 Å². The second-order valence-corrected chi connectivity index (χ2v) is 3.36. The average Bonchev–Trinajstić information content (AvgIpc) is 2.40. The molecule has 0 unspecified atom stereocenters. The summed E-state index contributed by atoms with van der Waals surface area (Å²) in [5.41, 5.74) is 1.96. The Hall–Kier alpha value is -2.43. The van der Waals surface area contributed by atoms with Crippen molar-refractivity contribution in [3.8, 4) is 0 Å². The molecule has 0 spiro atoms. The zero-order chi connectivity index (χ0) is 12.1. The van der Waals surface area contributed by atoms with Gasteiger partial charge in [0.1, 0.15) is 0 Å². The van der Waals surface area contributed by atoms with Crippen LogP contribution >= 0.6 is 0 Å². The largest absolute Gasteiger partial charge is 0.386 e. The van der Waals surface area contributed by atoms with Crippen molar-refractivity contribution in [2.45, 2.75) is 0 Å². The van der Waals surface area contributed by atoms with Crippen molar-refractivity contribution in [3.63, 3.8) is 0 Å². The predicted molar refractivity (Wildman–Crippen MR) is 66.0 cm³/mol. The van der Waals surface area contributed by atoms with Crippen LogP contribution in [0.25, 0.3) is 0 Å². The number of nitrogens with one attached hydrogen (secondary N) is 2. The summed E-state index contributed by atoms with van der Waals surface area (Å²) in [6.07, 6.45) is 6.45. The third-order valence-corrected chi connectivity index (χ3v) is 2.27. The van der Waals surface area contributed by atoms with E-state index < -0.39 is 0 Å². The highest BCUT2D eigenvalue weighted by molar-refractivity contribution is 6.07. The van der Waals surface area contributed by atoms with Crippen molar-refractivity contribution < 1.29 is 4.79 Å². The number of amides is 1. The van der Waals surface area contributed by atoms with Crippen LogP contribution in [0.1, 0.15) is 10.4 Å². The molecule has 0 saturated heterocycles. The Morgan fingerprint density at radius 1 is 1.12 bits per heavy atom. The van der Waals surface area contributed by atoms with Gasteiger partial charge in [-0.3, -0.25) is 14.8 Å². The van der Waals surface area contributed by atoms with E-state index in [0.717, 1.165) is 0 Å². The van der Waals surface area contributed by atoms with Gasteiger partial charge in [-0.25, -0.2) is 0 Å². The summed E-state index contributed by atoms with van der Waals surface area (Å²) < 4.78 is 0. The van der Waals surface area contributed by atoms with Crippen LogP contribution in [0.4, 0.5) is 11.4 Å². The van der Waals surface area contributed by atoms with Crippen molar-refractivity contribution in [2.24, 2.45) is 0 Å². The second kappa shape index (κ2) is 5.07. The van der Waals surface area contributed by atoms with E-state index in [2.05, 4.69) is 20.6 Å². The molecule has 2 rings (SSSR count). The first-order valence-corrected chi connectivity index (χ1v) is 5.14. The van der Waals surface area contributed by atoms with Gasteiger partial charge in [-0.2, -0.15) is 0 Å². The van der Waals surface area contributed by atoms with E-state index in [1.165, 1.54) is 0 Å². The molecular weight excluding hydrogens is 216 g/mol. The van der Waals surface area contributed by atoms with Gasteiger partial charge in [0.15, 0.2) is 0 Å². The van der Waals surface area contributed by atoms with Crippen LogP contribution in [0.5, 0.6) is 0 Å². The van der Waals surface area contributed by atoms with E-state index >= 15 is 0 Å². The highest BCUT2D eigenvalue weighted by Gasteiger charge is 2.10. The Bertz CT molecular complexity index is 513. The quantitative estimate of drug-likeness (QED) is 0.840. The van der Waals surface area contributed by atoms with Gasteiger partial charge in [-0.05, 0) is 18.2 Å². The average molecular weight is 228 g/mol. The molecule has 17 heavy (non-hydrogen) atoms. The maximum Gasteiger partial charge on any atom is 0.257 e. The Morgan fingerprint density at radius 3 is 2.53 bits per heavy atom. The lowest BCUT2D eigenvalue weighted by Crippen LogP contribution is -2.14. The van der Waals surface area contributed by atoms with Gasteiger partial charge in [0.2, 0.25) is 0 Å². The Labute approximate surface area is 98.9 Å². The van der Waals surface area contributed by atoms with Gasteiger partial charge >= 0.3 is 0 Å². The van der Waals surface area contributed by atoms with Crippen LogP contribution in [0.15, 0.2) is 43.0 Å². The van der Waals surface area contributed by atoms with Crippen LogP contribution in [0.3, 0.4) is 0 Å². The van der Waals surface area contributed by atoms with Crippen molar-refractivity contribution in [2.75, 3.05) is 17.7 Å². The molecule has 2 heterocycles. The van der Waals surface area contributed by atoms with Crippen LogP contribution in [-0.4, -0.2) is 22.9 Å². The Balaban J connectivity index is 2.20. The third kappa shape index (κ3) is 2.57. The van der Waals surface area contributed by atoms with Crippen molar-refractivity contribution in [1.29, 1.82) is 0 Å². The highest BCUT2D eigenvalue weighted by atomic mass is 16.1. The number of nitrogens with zero attached hydrogens (tertiary/aromatic N) is 2. The summed E-state index contributed by atoms with van der Waals surface area (Å²) in [5.74, 6) is -0.178. The lowest BCUT2D eigenvalue weighted by Gasteiger charge is -2.08. The maximum atomic E-state index is 12.0. The fraction of sp³-hybridized carbons (Fsp3) is 0.0833. The van der Waals surface area contributed by atoms with Crippen molar-refractivity contribution >= 4 is 17.3 Å². The van der Waals surface area contributed by atoms with Gasteiger partial charge in [0, 0.05) is 31.3 Å². The van der Waals surface area contributed by atoms with E-state index in [0.29, 0.717) is 16.9 Å². The first kappa shape index (κ1) is 11.1. The number of pyridine rings is 2. The van der Waals surface area contributed by atoms with Gasteiger partial charge in [-0.15, -0.1) is 0 Å². The van der Waals surface area contributed by atoms with E-state index in [9.17, 15) is 4.79 Å². The van der Waals surface area contributed by atoms with Crippen LogP contribution in [-0.2, 0) is 0 Å². The maximum absolute atomic E-state index is 12.0. The SMILES string of the molecule is CNc1cnccc1C(=O)Nc1ccncc1. The van der Waals surface area contributed by atoms with Crippen molar-refractivity contribution in [3.05, 3.63) is 48.5 Å². The van der Waals surface area contributed by atoms with Crippen LogP contribution in [0.2, 0.25) is 0 Å². The molecule has 1 amide bonds. The van der Waals surface area contributed by atoms with E-state index in [-0.39, 0.29) is 5.91 Å². The molecule has 0 aromatic carbocycles. The molecule has 0 saturated carbocycles. The number of carbonyl (C=O) groups is 1. The Morgan fingerprint density at radius 2 is 1.82 bits per heavy atom. The molecule has 0 radical (unpaired) electrons. The minimum absolute atomic E-state index is 0.178. The molecule has 0 bridgehead atoms. The van der Waals surface area contributed by atoms with Gasteiger partial charge in [0.05, 0.1) is 17.4 Å². The smallest absolute Gasteiger partial charge is 0.257 e. The number of carbonyl (C=O) groups excluding carboxylic acids is 1. The molecule has 0 aliphatic rings. The summed E-state index contributed by atoms with van der Waals surface area (Å²) in [7, 11) is 1.75. The third-order valence-electron chi connectivity index (χ3n) is 2.27. The number of rotatable bonds is 3. The molecular formula is C12H12N4O. The molecule has 86 valence electrons. The zero-order valence-electron chi connectivity index (χ0n) is 9.34. The Kier molecular flexibility index (Phi) is 3.30. The molecule has 0 atom stereocenters. The highest BCUT2D eigenvalue weighted by Crippen LogP contribution is 2.14. The molecule has 2 N–H and O–H groups in total. The van der Waals surface area contributed by atoms with Gasteiger partial charge in [0.25, 0.3) is 5.91 Å². The molecule has 0 fully saturated rings. The van der Waals surface area contributed by atoms with E-state index in [1.54, 1.807) is 50.0 Å². The van der Waals surface area contributed by atoms with Crippen molar-refractivity contribution in [1.82, 2.24) is 9.97 Å². The summed E-state index contributed by atoms with van der Waals surface area (Å²) in [6.45, 7) is 0. The number of aromatic nitrogens is 2. The first-order valence-electron chi connectivity index (χ1n) is 5.14. The van der Waals surface area contributed by atoms with Crippen LogP contribution < -0.4 is 10.6 Å². The second-order valence-electron chi connectivity index (χ2n) is 3.36. The summed E-state index contributed by atoms with van der Waals surface area (Å²) in [5, 5.41) is 5.71. The molecule has 5 heteroatoms. The molecule has 0 aliphatic heterocycles. The molecule has 2 aromatic rings. The van der Waals surface area contributed by atoms with E-state index in [4.69, 9.17) is 0 Å². The molecule has 5 nitrogen and oxygen atoms in total.